The molecule has 10 heteroatoms. The van der Waals surface area contributed by atoms with Crippen molar-refractivity contribution in [1.29, 1.82) is 0 Å². The molecule has 0 radical (unpaired) electrons. The topological polar surface area (TPSA) is 115 Å². The third-order valence-electron chi connectivity index (χ3n) is 10.1. The molecule has 0 fully saturated rings. The van der Waals surface area contributed by atoms with Gasteiger partial charge in [0.2, 0.25) is 0 Å². The number of fused-ring (bicyclic) bond motifs is 2. The number of likely N-dealkylation sites (N-methyl/N-ethyl adjacent to an activating group) is 2. The summed E-state index contributed by atoms with van der Waals surface area (Å²) in [5.74, 6) is -1.34. The number of carbonyl (C=O) groups excluding carboxylic acids is 4. The number of amides is 4. The van der Waals surface area contributed by atoms with Crippen LogP contribution in [0.5, 0.6) is 0 Å². The molecule has 0 atom stereocenters. The number of nitrogens with zero attached hydrogens (tertiary/aromatic N) is 4. The van der Waals surface area contributed by atoms with E-state index in [9.17, 15) is 29.4 Å². The number of hydrogen-bond donors (Lipinski definition) is 2. The van der Waals surface area contributed by atoms with Gasteiger partial charge in [-0.1, -0.05) is 24.3 Å². The van der Waals surface area contributed by atoms with Crippen LogP contribution >= 0.6 is 0 Å². The number of hydrogen-bond acceptors (Lipinski definition) is 6. The third kappa shape index (κ3) is 4.39. The van der Waals surface area contributed by atoms with Gasteiger partial charge >= 0.3 is 0 Å². The summed E-state index contributed by atoms with van der Waals surface area (Å²) < 4.78 is 0.949. The molecular weight excluding hydrogens is 584 g/mol. The fourth-order valence-electron chi connectivity index (χ4n) is 7.28. The zero-order valence-electron chi connectivity index (χ0n) is 26.6. The molecule has 2 aliphatic heterocycles. The minimum atomic E-state index is -0.335. The van der Waals surface area contributed by atoms with E-state index in [4.69, 9.17) is 0 Å². The van der Waals surface area contributed by atoms with Crippen LogP contribution < -0.4 is 0 Å². The lowest BCUT2D eigenvalue weighted by Gasteiger charge is -2.34. The van der Waals surface area contributed by atoms with Crippen LogP contribution in [0, 0.1) is 0 Å². The van der Waals surface area contributed by atoms with Gasteiger partial charge in [-0.15, -0.1) is 0 Å². The van der Waals surface area contributed by atoms with Crippen LogP contribution in [-0.2, 0) is 0 Å². The summed E-state index contributed by atoms with van der Waals surface area (Å²) in [6.07, 6.45) is 0. The molecule has 7 rings (SSSR count). The van der Waals surface area contributed by atoms with E-state index in [0.29, 0.717) is 68.2 Å². The van der Waals surface area contributed by atoms with Crippen molar-refractivity contribution in [3.63, 3.8) is 0 Å². The SMILES string of the molecule is C[N+](C)(CCO)CCN1C(=O)c2ccc3c4ccc5c6c(ccc(c7ccc(c2c37)C1=O)c64)C(=O)N(CC[N+](C)(C)CCO)C5=O. The van der Waals surface area contributed by atoms with Crippen molar-refractivity contribution < 1.29 is 38.4 Å². The van der Waals surface area contributed by atoms with Crippen molar-refractivity contribution in [2.45, 2.75) is 0 Å². The summed E-state index contributed by atoms with van der Waals surface area (Å²) in [5.41, 5.74) is 1.89. The Morgan fingerprint density at radius 1 is 0.457 bits per heavy atom. The molecule has 0 unspecified atom stereocenters. The molecule has 2 heterocycles. The second-order valence-corrected chi connectivity index (χ2v) is 13.9. The van der Waals surface area contributed by atoms with Gasteiger partial charge in [-0.05, 0) is 56.6 Å². The molecule has 10 nitrogen and oxygen atoms in total. The molecule has 46 heavy (non-hydrogen) atoms. The highest BCUT2D eigenvalue weighted by Crippen LogP contribution is 2.46. The van der Waals surface area contributed by atoms with E-state index in [0.717, 1.165) is 32.3 Å². The predicted molar refractivity (Wildman–Crippen MR) is 176 cm³/mol. The quantitative estimate of drug-likeness (QED) is 0.107. The van der Waals surface area contributed by atoms with Crippen molar-refractivity contribution >= 4 is 66.7 Å². The van der Waals surface area contributed by atoms with Crippen LogP contribution in [0.25, 0.3) is 43.1 Å². The number of imide groups is 2. The van der Waals surface area contributed by atoms with Crippen molar-refractivity contribution in [3.8, 4) is 0 Å². The highest BCUT2D eigenvalue weighted by Gasteiger charge is 2.38. The highest BCUT2D eigenvalue weighted by molar-refractivity contribution is 6.41. The van der Waals surface area contributed by atoms with E-state index in [1.54, 1.807) is 24.3 Å². The number of carbonyl (C=O) groups is 4. The molecular formula is C36H38N4O6+2. The Bertz CT molecular complexity index is 1860. The summed E-state index contributed by atoms with van der Waals surface area (Å²) in [7, 11) is 7.83. The first-order valence-corrected chi connectivity index (χ1v) is 15.7. The summed E-state index contributed by atoms with van der Waals surface area (Å²) in [6.45, 7) is 2.57. The average molecular weight is 623 g/mol. The fourth-order valence-corrected chi connectivity index (χ4v) is 7.28. The zero-order valence-corrected chi connectivity index (χ0v) is 26.6. The molecule has 0 saturated heterocycles. The van der Waals surface area contributed by atoms with Crippen LogP contribution in [-0.4, -0.2) is 133 Å². The zero-order chi connectivity index (χ0) is 32.7. The maximum atomic E-state index is 13.8. The minimum Gasteiger partial charge on any atom is -0.391 e. The van der Waals surface area contributed by atoms with E-state index >= 15 is 0 Å². The Kier molecular flexibility index (Phi) is 6.91. The number of aliphatic hydroxyl groups is 2. The van der Waals surface area contributed by atoms with E-state index in [2.05, 4.69) is 0 Å². The summed E-state index contributed by atoms with van der Waals surface area (Å²) >= 11 is 0. The Labute approximate surface area is 266 Å². The Morgan fingerprint density at radius 2 is 0.739 bits per heavy atom. The van der Waals surface area contributed by atoms with E-state index in [1.165, 1.54) is 9.80 Å². The Hall–Kier alpha value is -4.48. The first-order valence-electron chi connectivity index (χ1n) is 15.7. The minimum absolute atomic E-state index is 0.0174. The molecule has 0 saturated carbocycles. The molecule has 0 aliphatic carbocycles. The summed E-state index contributed by atoms with van der Waals surface area (Å²) in [6, 6.07) is 14.8. The van der Waals surface area contributed by atoms with Gasteiger partial charge in [-0.25, -0.2) is 0 Å². The van der Waals surface area contributed by atoms with E-state index in [1.807, 2.05) is 52.5 Å². The summed E-state index contributed by atoms with van der Waals surface area (Å²) in [5, 5.41) is 25.2. The maximum absolute atomic E-state index is 13.8. The number of quaternary nitrogens is 2. The molecule has 5 aromatic carbocycles. The first-order chi connectivity index (χ1) is 21.9. The van der Waals surface area contributed by atoms with Crippen LogP contribution in [0.1, 0.15) is 41.4 Å². The van der Waals surface area contributed by atoms with Crippen LogP contribution in [0.4, 0.5) is 0 Å². The average Bonchev–Trinajstić information content (AvgIpc) is 3.01. The van der Waals surface area contributed by atoms with E-state index in [-0.39, 0.29) is 49.9 Å². The molecule has 236 valence electrons. The number of rotatable bonds is 10. The molecule has 0 spiro atoms. The van der Waals surface area contributed by atoms with Gasteiger partial charge in [0.15, 0.2) is 0 Å². The van der Waals surface area contributed by atoms with Crippen molar-refractivity contribution in [1.82, 2.24) is 9.80 Å². The first kappa shape index (κ1) is 30.2. The standard InChI is InChI=1S/C36H38N4O6/c1-39(2,17-19-41)15-13-37-33(43)25-9-5-21-23-7-11-27-32-28(36(46)38(35(27)45)14-16-40(3,4)18-20-42)12-8-24(30(23)32)22-6-10-26(34(37)44)31(25)29(21)22/h5-12,41-42H,13-20H2,1-4H3/q+2. The number of benzene rings is 5. The van der Waals surface area contributed by atoms with Gasteiger partial charge in [-0.3, -0.25) is 29.0 Å². The van der Waals surface area contributed by atoms with Crippen LogP contribution in [0.3, 0.4) is 0 Å². The van der Waals surface area contributed by atoms with Gasteiger partial charge in [0, 0.05) is 33.0 Å². The predicted octanol–water partition coefficient (Wildman–Crippen LogP) is 3.07. The molecule has 0 bridgehead atoms. The van der Waals surface area contributed by atoms with Gasteiger partial charge in [-0.2, -0.15) is 0 Å². The lowest BCUT2D eigenvalue weighted by Crippen LogP contribution is -2.50. The highest BCUT2D eigenvalue weighted by atomic mass is 16.3. The normalized spacial score (nSPS) is 15.5. The lowest BCUT2D eigenvalue weighted by molar-refractivity contribution is -0.889. The summed E-state index contributed by atoms with van der Waals surface area (Å²) in [4.78, 5) is 57.8. The fraction of sp³-hybridized carbons (Fsp3) is 0.333. The molecule has 2 aliphatic rings. The van der Waals surface area contributed by atoms with Gasteiger partial charge in [0.25, 0.3) is 23.6 Å². The molecule has 4 amide bonds. The van der Waals surface area contributed by atoms with Crippen LogP contribution in [0.2, 0.25) is 0 Å². The largest absolute Gasteiger partial charge is 0.391 e. The van der Waals surface area contributed by atoms with E-state index < -0.39 is 0 Å². The van der Waals surface area contributed by atoms with Crippen molar-refractivity contribution in [3.05, 3.63) is 70.8 Å². The van der Waals surface area contributed by atoms with Crippen LogP contribution in [0.15, 0.2) is 48.5 Å². The van der Waals surface area contributed by atoms with Gasteiger partial charge in [0.1, 0.15) is 13.1 Å². The Morgan fingerprint density at radius 3 is 1.00 bits per heavy atom. The van der Waals surface area contributed by atoms with Crippen molar-refractivity contribution in [2.75, 3.05) is 80.7 Å². The van der Waals surface area contributed by atoms with Crippen molar-refractivity contribution in [2.24, 2.45) is 0 Å². The maximum Gasteiger partial charge on any atom is 0.261 e. The van der Waals surface area contributed by atoms with Gasteiger partial charge in [0.05, 0.1) is 67.6 Å². The van der Waals surface area contributed by atoms with Gasteiger partial charge < -0.3 is 19.2 Å². The smallest absolute Gasteiger partial charge is 0.261 e. The second-order valence-electron chi connectivity index (χ2n) is 13.9. The Balaban J connectivity index is 1.36. The monoisotopic (exact) mass is 622 g/mol. The molecule has 2 N–H and O–H groups in total. The lowest BCUT2D eigenvalue weighted by atomic mass is 9.82. The second kappa shape index (κ2) is 10.5. The number of aliphatic hydroxyl groups excluding tert-OH is 2. The molecule has 5 aromatic rings. The molecule has 0 aromatic heterocycles. The third-order valence-corrected chi connectivity index (χ3v) is 10.1.